The van der Waals surface area contributed by atoms with Crippen LogP contribution in [0.3, 0.4) is 0 Å². The maximum atomic E-state index is 6.02. The van der Waals surface area contributed by atoms with Crippen LogP contribution in [-0.4, -0.2) is 12.7 Å². The van der Waals surface area contributed by atoms with Crippen molar-refractivity contribution in [1.82, 2.24) is 0 Å². The lowest BCUT2D eigenvalue weighted by atomic mass is 10.1. The topological polar surface area (TPSA) is 35.2 Å². The summed E-state index contributed by atoms with van der Waals surface area (Å²) in [7, 11) is 0. The molecule has 1 aromatic rings. The van der Waals surface area contributed by atoms with Crippen LogP contribution >= 0.6 is 31.9 Å². The lowest BCUT2D eigenvalue weighted by molar-refractivity contribution is 0.0682. The fourth-order valence-corrected chi connectivity index (χ4v) is 2.53. The van der Waals surface area contributed by atoms with Crippen molar-refractivity contribution in [2.75, 3.05) is 6.61 Å². The quantitative estimate of drug-likeness (QED) is 0.911. The van der Waals surface area contributed by atoms with Gasteiger partial charge < -0.3 is 10.5 Å². The summed E-state index contributed by atoms with van der Waals surface area (Å²) in [4.78, 5) is 0. The van der Waals surface area contributed by atoms with Gasteiger partial charge >= 0.3 is 0 Å². The van der Waals surface area contributed by atoms with Gasteiger partial charge in [-0.05, 0) is 31.5 Å². The summed E-state index contributed by atoms with van der Waals surface area (Å²) in [6, 6.07) is 5.89. The molecule has 0 aliphatic rings. The Morgan fingerprint density at radius 1 is 1.33 bits per heavy atom. The van der Waals surface area contributed by atoms with E-state index in [0.29, 0.717) is 6.61 Å². The number of hydrogen-bond donors (Lipinski definition) is 1. The van der Waals surface area contributed by atoms with Gasteiger partial charge in [0.15, 0.2) is 0 Å². The van der Waals surface area contributed by atoms with E-state index >= 15 is 0 Å². The van der Waals surface area contributed by atoms with E-state index in [2.05, 4.69) is 31.9 Å². The summed E-state index contributed by atoms with van der Waals surface area (Å²) in [5.74, 6) is 0. The average molecular weight is 337 g/mol. The van der Waals surface area contributed by atoms with Crippen molar-refractivity contribution in [2.24, 2.45) is 5.73 Å². The molecule has 0 amide bonds. The van der Waals surface area contributed by atoms with Crippen molar-refractivity contribution in [2.45, 2.75) is 26.0 Å². The van der Waals surface area contributed by atoms with Gasteiger partial charge in [-0.25, -0.2) is 0 Å². The van der Waals surface area contributed by atoms with E-state index in [1.807, 2.05) is 32.0 Å². The fourth-order valence-electron chi connectivity index (χ4n) is 1.19. The Balaban J connectivity index is 2.69. The number of halogens is 2. The Bertz CT molecular complexity index is 328. The van der Waals surface area contributed by atoms with Gasteiger partial charge in [0.1, 0.15) is 0 Å². The maximum absolute atomic E-state index is 6.02. The van der Waals surface area contributed by atoms with Gasteiger partial charge in [0, 0.05) is 8.95 Å². The zero-order valence-electron chi connectivity index (χ0n) is 8.84. The van der Waals surface area contributed by atoms with E-state index in [9.17, 15) is 0 Å². The maximum Gasteiger partial charge on any atom is 0.0663 e. The molecule has 0 spiro atoms. The van der Waals surface area contributed by atoms with E-state index in [1.165, 1.54) is 0 Å². The Hall–Kier alpha value is 0.1000. The molecule has 0 fully saturated rings. The predicted molar refractivity (Wildman–Crippen MR) is 69.9 cm³/mol. The normalized spacial score (nSPS) is 13.2. The van der Waals surface area contributed by atoms with Crippen LogP contribution in [0.4, 0.5) is 0 Å². The number of ether oxygens (including phenoxy) is 1. The van der Waals surface area contributed by atoms with Crippen LogP contribution < -0.4 is 5.73 Å². The van der Waals surface area contributed by atoms with Crippen molar-refractivity contribution < 1.29 is 4.74 Å². The Morgan fingerprint density at radius 2 is 2.00 bits per heavy atom. The zero-order chi connectivity index (χ0) is 11.4. The third-order valence-corrected chi connectivity index (χ3v) is 3.15. The van der Waals surface area contributed by atoms with Gasteiger partial charge in [0.25, 0.3) is 0 Å². The molecule has 0 heterocycles. The molecule has 1 atom stereocenters. The summed E-state index contributed by atoms with van der Waals surface area (Å²) < 4.78 is 7.53. The zero-order valence-corrected chi connectivity index (χ0v) is 12.0. The van der Waals surface area contributed by atoms with Crippen molar-refractivity contribution in [3.63, 3.8) is 0 Å². The van der Waals surface area contributed by atoms with Crippen LogP contribution in [0.2, 0.25) is 0 Å². The highest BCUT2D eigenvalue weighted by Gasteiger charge is 2.10. The second kappa shape index (κ2) is 5.99. The van der Waals surface area contributed by atoms with Crippen molar-refractivity contribution in [3.05, 3.63) is 32.7 Å². The van der Waals surface area contributed by atoms with Gasteiger partial charge in [0.05, 0.1) is 18.8 Å². The summed E-state index contributed by atoms with van der Waals surface area (Å²) >= 11 is 6.89. The first-order valence-corrected chi connectivity index (χ1v) is 6.41. The van der Waals surface area contributed by atoms with E-state index < -0.39 is 0 Å². The van der Waals surface area contributed by atoms with Gasteiger partial charge in [-0.15, -0.1) is 0 Å². The first-order chi connectivity index (χ1) is 7.00. The van der Waals surface area contributed by atoms with E-state index in [-0.39, 0.29) is 12.1 Å². The fraction of sp³-hybridized carbons (Fsp3) is 0.455. The highest BCUT2D eigenvalue weighted by Crippen LogP contribution is 2.26. The monoisotopic (exact) mass is 335 g/mol. The van der Waals surface area contributed by atoms with Gasteiger partial charge in [-0.3, -0.25) is 0 Å². The SMILES string of the molecule is CC(C)OCC(N)c1ccc(Br)cc1Br. The minimum atomic E-state index is -0.0881. The molecule has 0 saturated heterocycles. The third kappa shape index (κ3) is 4.23. The van der Waals surface area contributed by atoms with E-state index in [4.69, 9.17) is 10.5 Å². The first-order valence-electron chi connectivity index (χ1n) is 4.83. The van der Waals surface area contributed by atoms with Gasteiger partial charge in [-0.2, -0.15) is 0 Å². The van der Waals surface area contributed by atoms with Crippen LogP contribution in [0.25, 0.3) is 0 Å². The third-order valence-electron chi connectivity index (χ3n) is 1.97. The van der Waals surface area contributed by atoms with Gasteiger partial charge in [-0.1, -0.05) is 37.9 Å². The number of hydrogen-bond acceptors (Lipinski definition) is 2. The molecule has 1 aromatic carbocycles. The summed E-state index contributed by atoms with van der Waals surface area (Å²) in [6.45, 7) is 4.55. The second-order valence-electron chi connectivity index (χ2n) is 3.65. The Morgan fingerprint density at radius 3 is 2.53 bits per heavy atom. The molecule has 15 heavy (non-hydrogen) atoms. The molecule has 4 heteroatoms. The molecule has 1 unspecified atom stereocenters. The van der Waals surface area contributed by atoms with Gasteiger partial charge in [0.2, 0.25) is 0 Å². The van der Waals surface area contributed by atoms with Crippen molar-refractivity contribution in [3.8, 4) is 0 Å². The second-order valence-corrected chi connectivity index (χ2v) is 5.42. The van der Waals surface area contributed by atoms with E-state index in [0.717, 1.165) is 14.5 Å². The Labute approximate surface area is 107 Å². The molecule has 0 saturated carbocycles. The number of benzene rings is 1. The summed E-state index contributed by atoms with van der Waals surface area (Å²) in [5.41, 5.74) is 7.09. The lowest BCUT2D eigenvalue weighted by Gasteiger charge is -2.16. The molecular weight excluding hydrogens is 322 g/mol. The van der Waals surface area contributed by atoms with Crippen LogP contribution in [-0.2, 0) is 4.74 Å². The number of nitrogens with two attached hydrogens (primary N) is 1. The van der Waals surface area contributed by atoms with Crippen LogP contribution in [0.5, 0.6) is 0 Å². The van der Waals surface area contributed by atoms with Crippen molar-refractivity contribution >= 4 is 31.9 Å². The standard InChI is InChI=1S/C11H15Br2NO/c1-7(2)15-6-11(14)9-4-3-8(12)5-10(9)13/h3-5,7,11H,6,14H2,1-2H3. The predicted octanol–water partition coefficient (Wildman–Crippen LogP) is 3.64. The molecule has 0 bridgehead atoms. The highest BCUT2D eigenvalue weighted by atomic mass is 79.9. The molecular formula is C11H15Br2NO. The molecule has 84 valence electrons. The molecule has 1 rings (SSSR count). The largest absolute Gasteiger partial charge is 0.377 e. The smallest absolute Gasteiger partial charge is 0.0663 e. The first kappa shape index (κ1) is 13.2. The summed E-state index contributed by atoms with van der Waals surface area (Å²) in [6.07, 6.45) is 0.213. The molecule has 0 aliphatic heterocycles. The van der Waals surface area contributed by atoms with Crippen molar-refractivity contribution in [1.29, 1.82) is 0 Å². The molecule has 0 radical (unpaired) electrons. The lowest BCUT2D eigenvalue weighted by Crippen LogP contribution is -2.20. The van der Waals surface area contributed by atoms with Crippen LogP contribution in [0.15, 0.2) is 27.1 Å². The Kier molecular flexibility index (Phi) is 5.26. The minimum Gasteiger partial charge on any atom is -0.377 e. The average Bonchev–Trinajstić information content (AvgIpc) is 2.14. The molecule has 0 aliphatic carbocycles. The van der Waals surface area contributed by atoms with Crippen LogP contribution in [0, 0.1) is 0 Å². The molecule has 2 N–H and O–H groups in total. The minimum absolute atomic E-state index is 0.0881. The van der Waals surface area contributed by atoms with Crippen LogP contribution in [0.1, 0.15) is 25.5 Å². The summed E-state index contributed by atoms with van der Waals surface area (Å²) in [5, 5.41) is 0. The molecule has 0 aromatic heterocycles. The molecule has 2 nitrogen and oxygen atoms in total. The van der Waals surface area contributed by atoms with E-state index in [1.54, 1.807) is 0 Å². The highest BCUT2D eigenvalue weighted by molar-refractivity contribution is 9.11. The number of rotatable bonds is 4.